The summed E-state index contributed by atoms with van der Waals surface area (Å²) >= 11 is 0. The smallest absolute Gasteiger partial charge is 0.387 e. The number of para-hydroxylation sites is 1. The van der Waals surface area contributed by atoms with E-state index in [0.29, 0.717) is 0 Å². The third-order valence-corrected chi connectivity index (χ3v) is 1.40. The molecule has 72 valence electrons. The third kappa shape index (κ3) is 2.21. The van der Waals surface area contributed by atoms with Crippen LogP contribution in [0.2, 0.25) is 0 Å². The van der Waals surface area contributed by atoms with Gasteiger partial charge in [0.1, 0.15) is 0 Å². The fourth-order valence-corrected chi connectivity index (χ4v) is 0.858. The third-order valence-electron chi connectivity index (χ3n) is 1.40. The molecule has 0 aliphatic heterocycles. The Hall–Kier alpha value is -1.52. The molecular weight excluding hydrogens is 182 g/mol. The Labute approximate surface area is 73.5 Å². The van der Waals surface area contributed by atoms with E-state index in [9.17, 15) is 13.9 Å². The number of alkyl halides is 2. The van der Waals surface area contributed by atoms with Crippen molar-refractivity contribution in [3.8, 4) is 17.2 Å². The van der Waals surface area contributed by atoms with E-state index in [4.69, 9.17) is 4.74 Å². The number of rotatable bonds is 3. The average Bonchev–Trinajstić information content (AvgIpc) is 2.08. The number of ether oxygens (including phenoxy) is 2. The number of aromatic hydroxyl groups is 1. The topological polar surface area (TPSA) is 38.7 Å². The fourth-order valence-electron chi connectivity index (χ4n) is 0.858. The second-order valence-electron chi connectivity index (χ2n) is 2.19. The SMILES string of the molecule is COc1cccc(OC(F)F)c1O. The molecule has 0 radical (unpaired) electrons. The Bertz CT molecular complexity index is 289. The van der Waals surface area contributed by atoms with Crippen molar-refractivity contribution >= 4 is 0 Å². The number of methoxy groups -OCH3 is 1. The number of hydrogen-bond acceptors (Lipinski definition) is 3. The fraction of sp³-hybridized carbons (Fsp3) is 0.250. The summed E-state index contributed by atoms with van der Waals surface area (Å²) in [5.41, 5.74) is 0. The highest BCUT2D eigenvalue weighted by Gasteiger charge is 2.12. The lowest BCUT2D eigenvalue weighted by atomic mass is 10.3. The Morgan fingerprint density at radius 2 is 1.92 bits per heavy atom. The van der Waals surface area contributed by atoms with Gasteiger partial charge in [0.25, 0.3) is 0 Å². The lowest BCUT2D eigenvalue weighted by molar-refractivity contribution is -0.0513. The van der Waals surface area contributed by atoms with Crippen molar-refractivity contribution in [2.45, 2.75) is 6.61 Å². The minimum Gasteiger partial charge on any atom is -0.502 e. The van der Waals surface area contributed by atoms with Crippen LogP contribution >= 0.6 is 0 Å². The minimum absolute atomic E-state index is 0.0955. The molecule has 0 saturated heterocycles. The first-order chi connectivity index (χ1) is 6.15. The van der Waals surface area contributed by atoms with E-state index < -0.39 is 12.4 Å². The van der Waals surface area contributed by atoms with Gasteiger partial charge in [-0.25, -0.2) is 0 Å². The maximum atomic E-state index is 11.8. The Kier molecular flexibility index (Phi) is 2.89. The molecule has 0 saturated carbocycles. The number of phenols is 1. The zero-order valence-corrected chi connectivity index (χ0v) is 6.83. The summed E-state index contributed by atoms with van der Waals surface area (Å²) in [7, 11) is 1.32. The van der Waals surface area contributed by atoms with Crippen LogP contribution in [0.3, 0.4) is 0 Å². The summed E-state index contributed by atoms with van der Waals surface area (Å²) in [6.45, 7) is -2.96. The van der Waals surface area contributed by atoms with E-state index >= 15 is 0 Å². The molecule has 1 N–H and O–H groups in total. The quantitative estimate of drug-likeness (QED) is 0.792. The summed E-state index contributed by atoms with van der Waals surface area (Å²) in [6, 6.07) is 4.11. The van der Waals surface area contributed by atoms with Gasteiger partial charge in [-0.15, -0.1) is 0 Å². The summed E-state index contributed by atoms with van der Waals surface area (Å²) in [6.07, 6.45) is 0. The number of hydrogen-bond donors (Lipinski definition) is 1. The predicted molar refractivity (Wildman–Crippen MR) is 41.3 cm³/mol. The number of phenolic OH excluding ortho intramolecular Hbond substituents is 1. The summed E-state index contributed by atoms with van der Waals surface area (Å²) in [4.78, 5) is 0. The molecule has 0 heterocycles. The number of halogens is 2. The van der Waals surface area contributed by atoms with Crippen molar-refractivity contribution in [3.63, 3.8) is 0 Å². The summed E-state index contributed by atoms with van der Waals surface area (Å²) < 4.78 is 32.2. The maximum Gasteiger partial charge on any atom is 0.387 e. The van der Waals surface area contributed by atoms with E-state index in [2.05, 4.69) is 4.74 Å². The second kappa shape index (κ2) is 3.93. The van der Waals surface area contributed by atoms with Gasteiger partial charge in [-0.3, -0.25) is 0 Å². The monoisotopic (exact) mass is 190 g/mol. The van der Waals surface area contributed by atoms with Gasteiger partial charge >= 0.3 is 6.61 Å². The van der Waals surface area contributed by atoms with Crippen molar-refractivity contribution in [2.75, 3.05) is 7.11 Å². The summed E-state index contributed by atoms with van der Waals surface area (Å²) in [5.74, 6) is -0.627. The van der Waals surface area contributed by atoms with Gasteiger partial charge in [0.15, 0.2) is 11.5 Å². The Morgan fingerprint density at radius 1 is 1.31 bits per heavy atom. The van der Waals surface area contributed by atoms with Crippen LogP contribution in [0.5, 0.6) is 17.2 Å². The van der Waals surface area contributed by atoms with Crippen molar-refractivity contribution in [1.29, 1.82) is 0 Å². The molecule has 1 rings (SSSR count). The van der Waals surface area contributed by atoms with Crippen LogP contribution in [0.1, 0.15) is 0 Å². The zero-order chi connectivity index (χ0) is 9.84. The largest absolute Gasteiger partial charge is 0.502 e. The normalized spacial score (nSPS) is 10.2. The van der Waals surface area contributed by atoms with E-state index in [0.717, 1.165) is 0 Å². The highest BCUT2D eigenvalue weighted by molar-refractivity contribution is 5.49. The molecule has 0 bridgehead atoms. The molecule has 0 aromatic heterocycles. The van der Waals surface area contributed by atoms with Crippen LogP contribution < -0.4 is 9.47 Å². The van der Waals surface area contributed by atoms with Gasteiger partial charge in [-0.2, -0.15) is 8.78 Å². The van der Waals surface area contributed by atoms with Crippen LogP contribution in [-0.4, -0.2) is 18.8 Å². The molecule has 0 unspecified atom stereocenters. The molecule has 5 heteroatoms. The van der Waals surface area contributed by atoms with Gasteiger partial charge in [-0.1, -0.05) is 6.07 Å². The van der Waals surface area contributed by atoms with Crippen LogP contribution in [0.4, 0.5) is 8.78 Å². The lowest BCUT2D eigenvalue weighted by Crippen LogP contribution is -2.02. The molecule has 0 spiro atoms. The molecule has 1 aromatic rings. The Morgan fingerprint density at radius 3 is 2.46 bits per heavy atom. The standard InChI is InChI=1S/C8H8F2O3/c1-12-5-3-2-4-6(7(5)11)13-8(9)10/h2-4,8,11H,1H3. The van der Waals surface area contributed by atoms with Crippen molar-refractivity contribution in [3.05, 3.63) is 18.2 Å². The van der Waals surface area contributed by atoms with Gasteiger partial charge in [0.05, 0.1) is 7.11 Å². The highest BCUT2D eigenvalue weighted by atomic mass is 19.3. The molecule has 0 fully saturated rings. The van der Waals surface area contributed by atoms with Crippen LogP contribution in [-0.2, 0) is 0 Å². The zero-order valence-electron chi connectivity index (χ0n) is 6.83. The molecular formula is C8H8F2O3. The van der Waals surface area contributed by atoms with E-state index in [1.807, 2.05) is 0 Å². The van der Waals surface area contributed by atoms with E-state index in [-0.39, 0.29) is 11.5 Å². The van der Waals surface area contributed by atoms with E-state index in [1.165, 1.54) is 25.3 Å². The first kappa shape index (κ1) is 9.57. The van der Waals surface area contributed by atoms with Gasteiger partial charge < -0.3 is 14.6 Å². The molecule has 0 aliphatic carbocycles. The first-order valence-corrected chi connectivity index (χ1v) is 3.46. The molecule has 1 aromatic carbocycles. The predicted octanol–water partition coefficient (Wildman–Crippen LogP) is 2.00. The molecule has 0 amide bonds. The second-order valence-corrected chi connectivity index (χ2v) is 2.19. The minimum atomic E-state index is -2.96. The van der Waals surface area contributed by atoms with Crippen molar-refractivity contribution < 1.29 is 23.4 Å². The maximum absolute atomic E-state index is 11.8. The van der Waals surface area contributed by atoms with Crippen LogP contribution in [0, 0.1) is 0 Å². The Balaban J connectivity index is 2.94. The van der Waals surface area contributed by atoms with Crippen molar-refractivity contribution in [2.24, 2.45) is 0 Å². The lowest BCUT2D eigenvalue weighted by Gasteiger charge is -2.08. The molecule has 3 nitrogen and oxygen atoms in total. The molecule has 13 heavy (non-hydrogen) atoms. The molecule has 0 atom stereocenters. The van der Waals surface area contributed by atoms with Crippen LogP contribution in [0.25, 0.3) is 0 Å². The van der Waals surface area contributed by atoms with Gasteiger partial charge in [-0.05, 0) is 12.1 Å². The highest BCUT2D eigenvalue weighted by Crippen LogP contribution is 2.35. The van der Waals surface area contributed by atoms with E-state index in [1.54, 1.807) is 0 Å². The summed E-state index contributed by atoms with van der Waals surface area (Å²) in [5, 5.41) is 9.25. The molecule has 0 aliphatic rings. The van der Waals surface area contributed by atoms with Gasteiger partial charge in [0.2, 0.25) is 5.75 Å². The van der Waals surface area contributed by atoms with Crippen LogP contribution in [0.15, 0.2) is 18.2 Å². The van der Waals surface area contributed by atoms with Crippen molar-refractivity contribution in [1.82, 2.24) is 0 Å². The first-order valence-electron chi connectivity index (χ1n) is 3.46. The van der Waals surface area contributed by atoms with Gasteiger partial charge in [0, 0.05) is 0 Å². The average molecular weight is 190 g/mol. The number of benzene rings is 1.